The van der Waals surface area contributed by atoms with Gasteiger partial charge in [-0.3, -0.25) is 4.79 Å². The molecule has 1 aliphatic rings. The molecule has 2 aromatic carbocycles. The number of halogens is 1. The van der Waals surface area contributed by atoms with E-state index in [0.29, 0.717) is 5.56 Å². The number of carbonyl (C=O) groups is 1. The molecule has 3 rings (SSSR count). The van der Waals surface area contributed by atoms with E-state index in [4.69, 9.17) is 11.6 Å². The Labute approximate surface area is 177 Å². The van der Waals surface area contributed by atoms with Gasteiger partial charge in [-0.25, -0.2) is 8.42 Å². The number of anilines is 1. The van der Waals surface area contributed by atoms with Crippen LogP contribution in [0.1, 0.15) is 41.7 Å². The van der Waals surface area contributed by atoms with Crippen LogP contribution < -0.4 is 10.2 Å². The molecule has 1 amide bonds. The molecular formula is C22H25ClN2O3S. The van der Waals surface area contributed by atoms with Crippen LogP contribution in [0, 0.1) is 0 Å². The third-order valence-corrected chi connectivity index (χ3v) is 5.95. The maximum absolute atomic E-state index is 12.4. The van der Waals surface area contributed by atoms with Gasteiger partial charge in [0.15, 0.2) is 9.84 Å². The monoisotopic (exact) mass is 432 g/mol. The summed E-state index contributed by atoms with van der Waals surface area (Å²) in [7, 11) is -3.21. The largest absolute Gasteiger partial charge is 0.364 e. The molecule has 0 aliphatic carbocycles. The number of carbonyl (C=O) groups excluding carboxylic acids is 1. The van der Waals surface area contributed by atoms with Gasteiger partial charge < -0.3 is 10.2 Å². The van der Waals surface area contributed by atoms with Crippen LogP contribution in [0.15, 0.2) is 60.0 Å². The summed E-state index contributed by atoms with van der Waals surface area (Å²) in [5.74, 6) is -0.244. The molecule has 5 nitrogen and oxygen atoms in total. The number of rotatable bonds is 6. The van der Waals surface area contributed by atoms with Gasteiger partial charge in [-0.05, 0) is 55.7 Å². The quantitative estimate of drug-likeness (QED) is 0.736. The van der Waals surface area contributed by atoms with E-state index in [1.807, 2.05) is 30.3 Å². The van der Waals surface area contributed by atoms with Crippen LogP contribution in [0.25, 0.3) is 0 Å². The van der Waals surface area contributed by atoms with Gasteiger partial charge in [0.25, 0.3) is 5.91 Å². The van der Waals surface area contributed by atoms with Gasteiger partial charge in [-0.15, -0.1) is 0 Å². The molecule has 1 aliphatic heterocycles. The predicted molar refractivity (Wildman–Crippen MR) is 118 cm³/mol. The number of benzene rings is 2. The Morgan fingerprint density at radius 1 is 1.21 bits per heavy atom. The van der Waals surface area contributed by atoms with E-state index in [9.17, 15) is 13.2 Å². The van der Waals surface area contributed by atoms with Gasteiger partial charge >= 0.3 is 0 Å². The Balaban J connectivity index is 1.70. The molecule has 0 unspecified atom stereocenters. The Bertz CT molecular complexity index is 1000. The van der Waals surface area contributed by atoms with Gasteiger partial charge in [0, 0.05) is 40.5 Å². The second kappa shape index (κ2) is 9.01. The van der Waals surface area contributed by atoms with Crippen LogP contribution in [0.3, 0.4) is 0 Å². The first-order chi connectivity index (χ1) is 13.7. The number of hydrogen-bond acceptors (Lipinski definition) is 4. The smallest absolute Gasteiger partial charge is 0.251 e. The van der Waals surface area contributed by atoms with Crippen molar-refractivity contribution >= 4 is 33.0 Å². The molecule has 29 heavy (non-hydrogen) atoms. The molecule has 0 aromatic heterocycles. The number of hydrogen-bond donors (Lipinski definition) is 1. The summed E-state index contributed by atoms with van der Waals surface area (Å²) < 4.78 is 22.4. The summed E-state index contributed by atoms with van der Waals surface area (Å²) in [6, 6.07) is 15.2. The van der Waals surface area contributed by atoms with Gasteiger partial charge in [0.05, 0.1) is 6.04 Å². The fourth-order valence-corrected chi connectivity index (χ4v) is 4.33. The average molecular weight is 433 g/mol. The van der Waals surface area contributed by atoms with E-state index >= 15 is 0 Å². The maximum Gasteiger partial charge on any atom is 0.251 e. The molecule has 1 fully saturated rings. The SMILES string of the molecule is C[C@H](/C=C/S(C)(=O)=O)NC(=O)c1ccc(N2CCC[C@@H]2c2ccccc2Cl)cc1. The summed E-state index contributed by atoms with van der Waals surface area (Å²) in [5, 5.41) is 4.65. The first-order valence-electron chi connectivity index (χ1n) is 9.55. The highest BCUT2D eigenvalue weighted by Gasteiger charge is 2.27. The van der Waals surface area contributed by atoms with Gasteiger partial charge in [-0.1, -0.05) is 35.9 Å². The molecule has 0 bridgehead atoms. The van der Waals surface area contributed by atoms with Crippen LogP contribution in [-0.2, 0) is 9.84 Å². The highest BCUT2D eigenvalue weighted by atomic mass is 35.5. The summed E-state index contributed by atoms with van der Waals surface area (Å²) >= 11 is 6.40. The van der Waals surface area contributed by atoms with Crippen LogP contribution >= 0.6 is 11.6 Å². The highest BCUT2D eigenvalue weighted by molar-refractivity contribution is 7.93. The summed E-state index contributed by atoms with van der Waals surface area (Å²) in [6.07, 6.45) is 4.70. The molecule has 1 heterocycles. The molecule has 7 heteroatoms. The zero-order chi connectivity index (χ0) is 21.0. The van der Waals surface area contributed by atoms with E-state index in [1.54, 1.807) is 19.1 Å². The van der Waals surface area contributed by atoms with Crippen LogP contribution in [0.4, 0.5) is 5.69 Å². The Hall–Kier alpha value is -2.31. The number of nitrogens with one attached hydrogen (secondary N) is 1. The minimum absolute atomic E-state index is 0.226. The van der Waals surface area contributed by atoms with Crippen LogP contribution in [0.5, 0.6) is 0 Å². The lowest BCUT2D eigenvalue weighted by Gasteiger charge is -2.28. The number of nitrogens with zero attached hydrogens (tertiary/aromatic N) is 1. The fraction of sp³-hybridized carbons (Fsp3) is 0.318. The van der Waals surface area contributed by atoms with E-state index in [-0.39, 0.29) is 18.0 Å². The van der Waals surface area contributed by atoms with Crippen molar-refractivity contribution < 1.29 is 13.2 Å². The minimum atomic E-state index is -3.21. The number of amides is 1. The molecule has 0 spiro atoms. The normalized spacial score (nSPS) is 18.2. The second-order valence-electron chi connectivity index (χ2n) is 7.34. The minimum Gasteiger partial charge on any atom is -0.364 e. The third kappa shape index (κ3) is 5.61. The van der Waals surface area contributed by atoms with E-state index in [1.165, 1.54) is 6.08 Å². The lowest BCUT2D eigenvalue weighted by molar-refractivity contribution is 0.0947. The third-order valence-electron chi connectivity index (χ3n) is 4.95. The van der Waals surface area contributed by atoms with Crippen molar-refractivity contribution in [1.29, 1.82) is 0 Å². The van der Waals surface area contributed by atoms with Crippen molar-refractivity contribution in [3.05, 3.63) is 76.2 Å². The first-order valence-corrected chi connectivity index (χ1v) is 11.9. The van der Waals surface area contributed by atoms with Crippen molar-refractivity contribution in [2.75, 3.05) is 17.7 Å². The Morgan fingerprint density at radius 3 is 2.55 bits per heavy atom. The van der Waals surface area contributed by atoms with E-state index in [2.05, 4.69) is 16.3 Å². The zero-order valence-corrected chi connectivity index (χ0v) is 18.1. The standard InChI is InChI=1S/C22H25ClN2O3S/c1-16(13-15-29(2,27)28)24-22(26)17-9-11-18(12-10-17)25-14-5-8-21(25)19-6-3-4-7-20(19)23/h3-4,6-7,9-13,15-16,21H,5,8,14H2,1-2H3,(H,24,26)/b15-13+/t16-,21-/m1/s1. The second-order valence-corrected chi connectivity index (χ2v) is 9.68. The summed E-state index contributed by atoms with van der Waals surface area (Å²) in [6.45, 7) is 2.67. The molecule has 154 valence electrons. The molecule has 0 saturated carbocycles. The van der Waals surface area contributed by atoms with Crippen molar-refractivity contribution in [3.63, 3.8) is 0 Å². The summed E-state index contributed by atoms with van der Waals surface area (Å²) in [4.78, 5) is 14.7. The molecule has 2 aromatic rings. The van der Waals surface area contributed by atoms with Gasteiger partial charge in [-0.2, -0.15) is 0 Å². The van der Waals surface area contributed by atoms with Crippen molar-refractivity contribution in [1.82, 2.24) is 5.32 Å². The average Bonchev–Trinajstić information content (AvgIpc) is 3.16. The predicted octanol–water partition coefficient (Wildman–Crippen LogP) is 4.36. The van der Waals surface area contributed by atoms with E-state index in [0.717, 1.165) is 47.3 Å². The molecule has 1 saturated heterocycles. The highest BCUT2D eigenvalue weighted by Crippen LogP contribution is 2.38. The lowest BCUT2D eigenvalue weighted by atomic mass is 10.0. The maximum atomic E-state index is 12.4. The molecule has 2 atom stereocenters. The van der Waals surface area contributed by atoms with Crippen molar-refractivity contribution in [2.45, 2.75) is 31.8 Å². The van der Waals surface area contributed by atoms with Crippen molar-refractivity contribution in [2.24, 2.45) is 0 Å². The summed E-state index contributed by atoms with van der Waals surface area (Å²) in [5.41, 5.74) is 2.70. The zero-order valence-electron chi connectivity index (χ0n) is 16.5. The lowest BCUT2D eigenvalue weighted by Crippen LogP contribution is -2.31. The molecule has 0 radical (unpaired) electrons. The number of sulfone groups is 1. The molecule has 1 N–H and O–H groups in total. The van der Waals surface area contributed by atoms with Crippen LogP contribution in [-0.4, -0.2) is 33.2 Å². The van der Waals surface area contributed by atoms with Crippen molar-refractivity contribution in [3.8, 4) is 0 Å². The van der Waals surface area contributed by atoms with Crippen LogP contribution in [0.2, 0.25) is 5.02 Å². The first kappa shape index (κ1) is 21.4. The Kier molecular flexibility index (Phi) is 6.65. The van der Waals surface area contributed by atoms with E-state index < -0.39 is 9.84 Å². The topological polar surface area (TPSA) is 66.5 Å². The van der Waals surface area contributed by atoms with Gasteiger partial charge in [0.1, 0.15) is 0 Å². The fourth-order valence-electron chi connectivity index (χ4n) is 3.55. The Morgan fingerprint density at radius 2 is 1.90 bits per heavy atom. The van der Waals surface area contributed by atoms with Gasteiger partial charge in [0.2, 0.25) is 0 Å². The molecular weight excluding hydrogens is 408 g/mol.